The fourth-order valence-electron chi connectivity index (χ4n) is 4.18. The summed E-state index contributed by atoms with van der Waals surface area (Å²) in [5.74, 6) is -2.45. The Morgan fingerprint density at radius 2 is 1.75 bits per heavy atom. The van der Waals surface area contributed by atoms with Crippen LogP contribution in [0.1, 0.15) is 23.6 Å². The van der Waals surface area contributed by atoms with Crippen LogP contribution in [0.15, 0.2) is 54.1 Å². The first-order valence-corrected chi connectivity index (χ1v) is 10.9. The van der Waals surface area contributed by atoms with Crippen LogP contribution >= 0.6 is 11.6 Å². The molecule has 1 N–H and O–H groups in total. The maximum absolute atomic E-state index is 14.8. The molecule has 6 nitrogen and oxygen atoms in total. The maximum atomic E-state index is 14.8. The highest BCUT2D eigenvalue weighted by Crippen LogP contribution is 2.40. The summed E-state index contributed by atoms with van der Waals surface area (Å²) in [5, 5.41) is 11.4. The van der Waals surface area contributed by atoms with E-state index in [0.29, 0.717) is 30.2 Å². The van der Waals surface area contributed by atoms with Gasteiger partial charge in [-0.05, 0) is 36.8 Å². The maximum Gasteiger partial charge on any atom is 0.295 e. The van der Waals surface area contributed by atoms with Crippen molar-refractivity contribution in [1.82, 2.24) is 9.80 Å². The van der Waals surface area contributed by atoms with Gasteiger partial charge in [-0.3, -0.25) is 14.5 Å². The number of halogens is 2. The van der Waals surface area contributed by atoms with Crippen molar-refractivity contribution >= 4 is 29.1 Å². The van der Waals surface area contributed by atoms with Crippen LogP contribution in [0.3, 0.4) is 0 Å². The third-order valence-corrected chi connectivity index (χ3v) is 6.09. The lowest BCUT2D eigenvalue weighted by molar-refractivity contribution is -0.140. The van der Waals surface area contributed by atoms with Crippen molar-refractivity contribution in [2.75, 3.05) is 39.4 Å². The van der Waals surface area contributed by atoms with E-state index in [2.05, 4.69) is 4.90 Å². The van der Waals surface area contributed by atoms with E-state index >= 15 is 0 Å². The van der Waals surface area contributed by atoms with Crippen LogP contribution < -0.4 is 0 Å². The van der Waals surface area contributed by atoms with Crippen molar-refractivity contribution in [3.63, 3.8) is 0 Å². The second-order valence-corrected chi connectivity index (χ2v) is 8.26. The molecule has 2 heterocycles. The molecule has 8 heteroatoms. The van der Waals surface area contributed by atoms with Gasteiger partial charge in [0.2, 0.25) is 0 Å². The first-order chi connectivity index (χ1) is 15.5. The largest absolute Gasteiger partial charge is 0.507 e. The van der Waals surface area contributed by atoms with Gasteiger partial charge in [0.15, 0.2) is 0 Å². The molecular weight excluding hydrogens is 435 g/mol. The highest BCUT2D eigenvalue weighted by molar-refractivity contribution is 6.46. The normalized spacial score (nSPS) is 21.3. The summed E-state index contributed by atoms with van der Waals surface area (Å²) >= 11 is 5.93. The molecule has 1 atom stereocenters. The van der Waals surface area contributed by atoms with Gasteiger partial charge >= 0.3 is 0 Å². The van der Waals surface area contributed by atoms with Crippen LogP contribution in [0.25, 0.3) is 5.76 Å². The van der Waals surface area contributed by atoms with Crippen LogP contribution in [0, 0.1) is 5.82 Å². The zero-order valence-corrected chi connectivity index (χ0v) is 18.2. The Labute approximate surface area is 190 Å². The summed E-state index contributed by atoms with van der Waals surface area (Å²) in [4.78, 5) is 29.5. The van der Waals surface area contributed by atoms with Crippen LogP contribution in [0.2, 0.25) is 5.02 Å². The zero-order chi connectivity index (χ0) is 22.7. The molecular formula is C24H24ClFN2O4. The van der Waals surface area contributed by atoms with E-state index in [1.807, 2.05) is 0 Å². The van der Waals surface area contributed by atoms with E-state index in [4.69, 9.17) is 16.3 Å². The Morgan fingerprint density at radius 3 is 2.44 bits per heavy atom. The van der Waals surface area contributed by atoms with Crippen LogP contribution in [-0.2, 0) is 14.3 Å². The topological polar surface area (TPSA) is 70.1 Å². The number of ketones is 1. The molecule has 2 aromatic carbocycles. The summed E-state index contributed by atoms with van der Waals surface area (Å²) in [5.41, 5.74) is 0.393. The van der Waals surface area contributed by atoms with Gasteiger partial charge in [-0.25, -0.2) is 4.39 Å². The average Bonchev–Trinajstić information content (AvgIpc) is 3.05. The molecule has 4 rings (SSSR count). The average molecular weight is 459 g/mol. The van der Waals surface area contributed by atoms with E-state index in [-0.39, 0.29) is 23.4 Å². The first kappa shape index (κ1) is 22.5. The molecule has 1 amide bonds. The highest BCUT2D eigenvalue weighted by atomic mass is 35.5. The fraction of sp³-hybridized carbons (Fsp3) is 0.333. The lowest BCUT2D eigenvalue weighted by Gasteiger charge is -2.29. The fourth-order valence-corrected chi connectivity index (χ4v) is 4.31. The molecule has 2 aromatic rings. The van der Waals surface area contributed by atoms with Gasteiger partial charge in [-0.1, -0.05) is 29.8 Å². The Morgan fingerprint density at radius 1 is 1.06 bits per heavy atom. The van der Waals surface area contributed by atoms with Crippen molar-refractivity contribution in [2.24, 2.45) is 0 Å². The van der Waals surface area contributed by atoms with Crippen LogP contribution in [0.4, 0.5) is 4.39 Å². The standard InChI is InChI=1S/C24H24ClFN2O4/c25-17-8-6-16(7-9-17)22(29)20-21(18-4-1-2-5-19(18)26)28(24(31)23(20)30)11-3-10-27-12-14-32-15-13-27/h1-2,4-9,21,29H,3,10-15H2/b22-20+. The van der Waals surface area contributed by atoms with Crippen LogP contribution in [0.5, 0.6) is 0 Å². The minimum Gasteiger partial charge on any atom is -0.507 e. The SMILES string of the molecule is O=C1C(=O)N(CCCN2CCOCC2)C(c2ccccc2F)/C1=C(\O)c1ccc(Cl)cc1. The number of likely N-dealkylation sites (tertiary alicyclic amines) is 1. The minimum absolute atomic E-state index is 0.117. The third-order valence-electron chi connectivity index (χ3n) is 5.83. The number of Topliss-reactive ketones (excluding diaryl/α,β-unsaturated/α-hetero) is 1. The predicted molar refractivity (Wildman–Crippen MR) is 119 cm³/mol. The molecule has 2 fully saturated rings. The van der Waals surface area contributed by atoms with Crippen molar-refractivity contribution in [3.05, 3.63) is 76.1 Å². The molecule has 2 saturated heterocycles. The minimum atomic E-state index is -1.00. The predicted octanol–water partition coefficient (Wildman–Crippen LogP) is 3.62. The Balaban J connectivity index is 1.68. The molecule has 168 valence electrons. The van der Waals surface area contributed by atoms with Crippen LogP contribution in [-0.4, -0.2) is 66.0 Å². The summed E-state index contributed by atoms with van der Waals surface area (Å²) < 4.78 is 20.1. The van der Waals surface area contributed by atoms with Crippen molar-refractivity contribution in [1.29, 1.82) is 0 Å². The number of morpholine rings is 1. The quantitative estimate of drug-likeness (QED) is 0.407. The summed E-state index contributed by atoms with van der Waals surface area (Å²) in [6, 6.07) is 11.3. The molecule has 1 unspecified atom stereocenters. The number of ether oxygens (including phenoxy) is 1. The summed E-state index contributed by atoms with van der Waals surface area (Å²) in [7, 11) is 0. The molecule has 2 aliphatic rings. The van der Waals surface area contributed by atoms with Crippen molar-refractivity contribution in [2.45, 2.75) is 12.5 Å². The molecule has 0 bridgehead atoms. The number of hydrogen-bond donors (Lipinski definition) is 1. The number of amides is 1. The van der Waals surface area contributed by atoms with Gasteiger partial charge in [0.05, 0.1) is 24.8 Å². The molecule has 2 aliphatic heterocycles. The molecule has 0 aromatic heterocycles. The molecule has 0 spiro atoms. The van der Waals surface area contributed by atoms with Gasteiger partial charge in [-0.2, -0.15) is 0 Å². The van der Waals surface area contributed by atoms with Gasteiger partial charge in [0.25, 0.3) is 11.7 Å². The number of rotatable bonds is 6. The first-order valence-electron chi connectivity index (χ1n) is 10.6. The smallest absolute Gasteiger partial charge is 0.295 e. The van der Waals surface area contributed by atoms with Crippen molar-refractivity contribution in [3.8, 4) is 0 Å². The highest BCUT2D eigenvalue weighted by Gasteiger charge is 2.46. The van der Waals surface area contributed by atoms with Gasteiger partial charge < -0.3 is 14.7 Å². The number of aliphatic hydroxyl groups excluding tert-OH is 1. The number of benzene rings is 2. The summed E-state index contributed by atoms with van der Waals surface area (Å²) in [6.45, 7) is 3.95. The number of aliphatic hydroxyl groups is 1. The van der Waals surface area contributed by atoms with E-state index in [1.165, 1.54) is 17.0 Å². The van der Waals surface area contributed by atoms with E-state index < -0.39 is 23.5 Å². The molecule has 32 heavy (non-hydrogen) atoms. The lowest BCUT2D eigenvalue weighted by atomic mass is 9.95. The third kappa shape index (κ3) is 4.55. The molecule has 0 aliphatic carbocycles. The summed E-state index contributed by atoms with van der Waals surface area (Å²) in [6.07, 6.45) is 0.610. The number of hydrogen-bond acceptors (Lipinski definition) is 5. The number of carbonyl (C=O) groups is 2. The van der Waals surface area contributed by atoms with Gasteiger partial charge in [0, 0.05) is 42.3 Å². The van der Waals surface area contributed by atoms with E-state index in [1.54, 1.807) is 36.4 Å². The molecule has 0 radical (unpaired) electrons. The Hall–Kier alpha value is -2.74. The second kappa shape index (κ2) is 9.81. The van der Waals surface area contributed by atoms with E-state index in [0.717, 1.165) is 19.6 Å². The van der Waals surface area contributed by atoms with E-state index in [9.17, 15) is 19.1 Å². The Kier molecular flexibility index (Phi) is 6.89. The lowest BCUT2D eigenvalue weighted by Crippen LogP contribution is -2.39. The number of carbonyl (C=O) groups excluding carboxylic acids is 2. The molecule has 0 saturated carbocycles. The monoisotopic (exact) mass is 458 g/mol. The Bertz CT molecular complexity index is 1030. The van der Waals surface area contributed by atoms with Gasteiger partial charge in [0.1, 0.15) is 11.6 Å². The number of nitrogens with zero attached hydrogens (tertiary/aromatic N) is 2. The second-order valence-electron chi connectivity index (χ2n) is 7.83. The van der Waals surface area contributed by atoms with Gasteiger partial charge in [-0.15, -0.1) is 0 Å². The zero-order valence-electron chi connectivity index (χ0n) is 17.5. The van der Waals surface area contributed by atoms with Crippen molar-refractivity contribution < 1.29 is 23.8 Å².